The molecule has 0 radical (unpaired) electrons. The highest BCUT2D eigenvalue weighted by atomic mass is 32.1. The Kier molecular flexibility index (Phi) is 11.7. The van der Waals surface area contributed by atoms with Crippen molar-refractivity contribution in [3.05, 3.63) is 18.1 Å². The summed E-state index contributed by atoms with van der Waals surface area (Å²) in [5.41, 5.74) is 0. The molecule has 3 rings (SSSR count). The molecule has 2 saturated carbocycles. The second-order valence-corrected chi connectivity index (χ2v) is 7.19. The van der Waals surface area contributed by atoms with Crippen LogP contribution in [0.2, 0.25) is 0 Å². The highest BCUT2D eigenvalue weighted by molar-refractivity contribution is 7.80. The lowest BCUT2D eigenvalue weighted by Gasteiger charge is -2.34. The van der Waals surface area contributed by atoms with Crippen LogP contribution in [0.25, 0.3) is 0 Å². The van der Waals surface area contributed by atoms with E-state index in [1.54, 1.807) is 0 Å². The molecule has 0 bridgehead atoms. The second-order valence-electron chi connectivity index (χ2n) is 6.74. The monoisotopic (exact) mass is 369 g/mol. The van der Waals surface area contributed by atoms with Gasteiger partial charge in [-0.2, -0.15) is 12.6 Å². The van der Waals surface area contributed by atoms with Gasteiger partial charge in [0.25, 0.3) is 0 Å². The van der Waals surface area contributed by atoms with Crippen LogP contribution in [-0.4, -0.2) is 35.5 Å². The molecule has 1 atom stereocenters. The molecule has 1 unspecified atom stereocenters. The summed E-state index contributed by atoms with van der Waals surface area (Å²) < 4.78 is 0. The quantitative estimate of drug-likeness (QED) is 0.597. The van der Waals surface area contributed by atoms with Crippen LogP contribution in [0.5, 0.6) is 0 Å². The number of nitrogens with zero attached hydrogens (tertiary/aromatic N) is 3. The zero-order chi connectivity index (χ0) is 17.8. The first-order valence-corrected chi connectivity index (χ1v) is 11.2. The van der Waals surface area contributed by atoms with Crippen LogP contribution in [0.1, 0.15) is 64.1 Å². The van der Waals surface area contributed by atoms with Crippen LogP contribution in [0, 0.1) is 5.92 Å². The van der Waals surface area contributed by atoms with Crippen molar-refractivity contribution in [1.82, 2.24) is 9.97 Å². The van der Waals surface area contributed by atoms with E-state index in [0.29, 0.717) is 6.04 Å². The lowest BCUT2D eigenvalue weighted by molar-refractivity contribution is 0.340. The van der Waals surface area contributed by atoms with Crippen LogP contribution in [0.4, 0.5) is 5.82 Å². The molecule has 0 amide bonds. The van der Waals surface area contributed by atoms with Gasteiger partial charge >= 0.3 is 0 Å². The average molecular weight is 370 g/mol. The molecule has 0 aliphatic heterocycles. The number of aromatic nitrogens is 2. The molecule has 1 aromatic heterocycles. The Labute approximate surface area is 157 Å². The maximum atomic E-state index is 4.62. The molecule has 0 N–H and O–H groups in total. The molecule has 2 aliphatic carbocycles. The van der Waals surface area contributed by atoms with E-state index in [1.165, 1.54) is 51.4 Å². The number of aryl methyl sites for hydroxylation is 1. The molecule has 24 heavy (non-hydrogen) atoms. The fraction of sp³-hybridized carbons (Fsp3) is 0.789. The van der Waals surface area contributed by atoms with Gasteiger partial charge in [0.1, 0.15) is 11.6 Å². The minimum absolute atomic E-state index is 0.639. The minimum Gasteiger partial charge on any atom is -0.357 e. The van der Waals surface area contributed by atoms with E-state index in [2.05, 4.69) is 50.7 Å². The maximum absolute atomic E-state index is 4.62. The molecule has 2 aliphatic rings. The standard InChI is InChI=1S/C14H23N3S.C4H8.CH5P/c1-11-3-5-12(6-4-11)17(2)14-7-9-15-13(16-14)8-10-18;1-2-4-3-1;1-2/h7,9,11-12,18H,3-6,8,10H2,1-2H3;1-4H2;2H2,1H3. The van der Waals surface area contributed by atoms with Gasteiger partial charge in [0.15, 0.2) is 0 Å². The van der Waals surface area contributed by atoms with Gasteiger partial charge in [0.05, 0.1) is 0 Å². The SMILES string of the molecule is C1CCC1.CC1CCC(N(C)c2ccnc(CCS)n2)CC1.CP. The molecule has 1 aromatic rings. The van der Waals surface area contributed by atoms with Crippen molar-refractivity contribution in [2.75, 3.05) is 24.4 Å². The zero-order valence-corrected chi connectivity index (χ0v) is 17.8. The van der Waals surface area contributed by atoms with Crippen molar-refractivity contribution in [1.29, 1.82) is 0 Å². The summed E-state index contributed by atoms with van der Waals surface area (Å²) in [7, 11) is 4.58. The molecule has 3 nitrogen and oxygen atoms in total. The molecule has 138 valence electrons. The second kappa shape index (κ2) is 12.9. The lowest BCUT2D eigenvalue weighted by atomic mass is 9.87. The summed E-state index contributed by atoms with van der Waals surface area (Å²) in [5, 5.41) is 0. The Bertz CT molecular complexity index is 428. The van der Waals surface area contributed by atoms with E-state index in [0.717, 1.165) is 29.7 Å². The third-order valence-electron chi connectivity index (χ3n) is 4.92. The maximum Gasteiger partial charge on any atom is 0.132 e. The van der Waals surface area contributed by atoms with Gasteiger partial charge in [-0.3, -0.25) is 0 Å². The van der Waals surface area contributed by atoms with E-state index < -0.39 is 0 Å². The van der Waals surface area contributed by atoms with E-state index in [1.807, 2.05) is 18.9 Å². The number of thiol groups is 1. The summed E-state index contributed by atoms with van der Waals surface area (Å²) in [6, 6.07) is 2.65. The van der Waals surface area contributed by atoms with Crippen molar-refractivity contribution in [3.63, 3.8) is 0 Å². The predicted molar refractivity (Wildman–Crippen MR) is 114 cm³/mol. The number of rotatable bonds is 4. The Morgan fingerprint density at radius 1 is 1.12 bits per heavy atom. The van der Waals surface area contributed by atoms with Crippen LogP contribution in [0.3, 0.4) is 0 Å². The summed E-state index contributed by atoms with van der Waals surface area (Å²) in [6.45, 7) is 4.27. The van der Waals surface area contributed by atoms with Gasteiger partial charge in [0, 0.05) is 25.7 Å². The normalized spacial score (nSPS) is 22.2. The lowest BCUT2D eigenvalue weighted by Crippen LogP contribution is -2.35. The Morgan fingerprint density at radius 3 is 2.21 bits per heavy atom. The van der Waals surface area contributed by atoms with Crippen LogP contribution in [-0.2, 0) is 6.42 Å². The van der Waals surface area contributed by atoms with Gasteiger partial charge < -0.3 is 4.90 Å². The zero-order valence-electron chi connectivity index (χ0n) is 15.7. The van der Waals surface area contributed by atoms with E-state index in [9.17, 15) is 0 Å². The predicted octanol–water partition coefficient (Wildman–Crippen LogP) is 5.02. The van der Waals surface area contributed by atoms with Crippen molar-refractivity contribution in [3.8, 4) is 0 Å². The van der Waals surface area contributed by atoms with E-state index >= 15 is 0 Å². The van der Waals surface area contributed by atoms with Gasteiger partial charge in [-0.1, -0.05) is 39.3 Å². The fourth-order valence-corrected chi connectivity index (χ4v) is 3.07. The molecular weight excluding hydrogens is 333 g/mol. The van der Waals surface area contributed by atoms with Gasteiger partial charge in [-0.25, -0.2) is 9.97 Å². The molecule has 0 saturated heterocycles. The van der Waals surface area contributed by atoms with E-state index in [-0.39, 0.29) is 0 Å². The third kappa shape index (κ3) is 7.70. The topological polar surface area (TPSA) is 29.0 Å². The molecule has 1 heterocycles. The molecule has 2 fully saturated rings. The number of anilines is 1. The first kappa shape index (κ1) is 21.7. The van der Waals surface area contributed by atoms with Gasteiger partial charge in [-0.05, 0) is 43.4 Å². The van der Waals surface area contributed by atoms with Crippen molar-refractivity contribution >= 4 is 27.7 Å². The minimum atomic E-state index is 0.639. The Hall–Kier alpha value is -0.340. The first-order chi connectivity index (χ1) is 11.7. The molecule has 0 aromatic carbocycles. The van der Waals surface area contributed by atoms with Crippen molar-refractivity contribution in [2.24, 2.45) is 5.92 Å². The smallest absolute Gasteiger partial charge is 0.132 e. The Morgan fingerprint density at radius 2 is 1.71 bits per heavy atom. The molecule has 5 heteroatoms. The van der Waals surface area contributed by atoms with Gasteiger partial charge in [0.2, 0.25) is 0 Å². The summed E-state index contributed by atoms with van der Waals surface area (Å²) in [5.74, 6) is 3.65. The van der Waals surface area contributed by atoms with Crippen molar-refractivity contribution < 1.29 is 0 Å². The highest BCUT2D eigenvalue weighted by Gasteiger charge is 2.22. The van der Waals surface area contributed by atoms with Gasteiger partial charge in [-0.15, -0.1) is 9.24 Å². The fourth-order valence-electron chi connectivity index (χ4n) is 2.87. The average Bonchev–Trinajstić information content (AvgIpc) is 2.56. The largest absolute Gasteiger partial charge is 0.357 e. The third-order valence-corrected chi connectivity index (χ3v) is 5.14. The van der Waals surface area contributed by atoms with Crippen LogP contribution >= 0.6 is 21.9 Å². The molecular formula is C19H36N3PS. The first-order valence-electron chi connectivity index (χ1n) is 9.44. The molecule has 0 spiro atoms. The van der Waals surface area contributed by atoms with Crippen LogP contribution in [0.15, 0.2) is 12.3 Å². The van der Waals surface area contributed by atoms with E-state index in [4.69, 9.17) is 0 Å². The summed E-state index contributed by atoms with van der Waals surface area (Å²) in [6.07, 6.45) is 13.9. The number of hydrogen-bond acceptors (Lipinski definition) is 4. The number of hydrogen-bond donors (Lipinski definition) is 1. The summed E-state index contributed by atoms with van der Waals surface area (Å²) >= 11 is 4.24. The highest BCUT2D eigenvalue weighted by Crippen LogP contribution is 2.28. The van der Waals surface area contributed by atoms with Crippen LogP contribution < -0.4 is 4.90 Å². The Balaban J connectivity index is 0.000000409. The summed E-state index contributed by atoms with van der Waals surface area (Å²) in [4.78, 5) is 11.2. The van der Waals surface area contributed by atoms with Crippen molar-refractivity contribution in [2.45, 2.75) is 70.8 Å².